The van der Waals surface area contributed by atoms with E-state index in [1.807, 2.05) is 4.90 Å². The molecule has 0 unspecified atom stereocenters. The van der Waals surface area contributed by atoms with E-state index in [0.29, 0.717) is 32.0 Å². The van der Waals surface area contributed by atoms with Crippen LogP contribution in [0.5, 0.6) is 0 Å². The van der Waals surface area contributed by atoms with Gasteiger partial charge in [0.1, 0.15) is 10.7 Å². The Morgan fingerprint density at radius 1 is 1.21 bits per heavy atom. The molecule has 24 heavy (non-hydrogen) atoms. The van der Waals surface area contributed by atoms with E-state index in [4.69, 9.17) is 0 Å². The second kappa shape index (κ2) is 7.07. The molecule has 2 N–H and O–H groups in total. The van der Waals surface area contributed by atoms with E-state index in [1.54, 1.807) is 18.3 Å². The van der Waals surface area contributed by atoms with Crippen LogP contribution in [0, 0.1) is 0 Å². The molecule has 0 radical (unpaired) electrons. The number of anilines is 1. The zero-order chi connectivity index (χ0) is 17.0. The Balaban J connectivity index is 1.53. The largest absolute Gasteiger partial charge is 0.310 e. The number of carbonyl (C=O) groups excluding carboxylic acids is 1. The molecule has 0 spiro atoms. The third kappa shape index (κ3) is 3.78. The number of sulfonamides is 1. The summed E-state index contributed by atoms with van der Waals surface area (Å²) in [5.41, 5.74) is 0. The van der Waals surface area contributed by atoms with Gasteiger partial charge in [0, 0.05) is 44.6 Å². The summed E-state index contributed by atoms with van der Waals surface area (Å²) in [6.45, 7) is 1.88. The molecule has 0 aliphatic carbocycles. The zero-order valence-electron chi connectivity index (χ0n) is 12.9. The standard InChI is InChI=1S/C14H18N6O3S/c21-14(17-13-3-5-16-18-13)11-19-6-8-20(9-7-19)24(22,23)12-2-1-4-15-10-12/h1-5,10H,6-9,11H2,(H2,16,17,18,21). The maximum absolute atomic E-state index is 12.5. The molecule has 3 rings (SSSR count). The van der Waals surface area contributed by atoms with Gasteiger partial charge >= 0.3 is 0 Å². The van der Waals surface area contributed by atoms with Crippen molar-refractivity contribution < 1.29 is 13.2 Å². The van der Waals surface area contributed by atoms with E-state index in [1.165, 1.54) is 22.8 Å². The molecule has 1 aliphatic rings. The van der Waals surface area contributed by atoms with Gasteiger partial charge in [-0.05, 0) is 12.1 Å². The van der Waals surface area contributed by atoms with Crippen molar-refractivity contribution in [3.8, 4) is 0 Å². The first-order valence-corrected chi connectivity index (χ1v) is 8.91. The van der Waals surface area contributed by atoms with E-state index >= 15 is 0 Å². The van der Waals surface area contributed by atoms with Crippen molar-refractivity contribution in [3.05, 3.63) is 36.8 Å². The van der Waals surface area contributed by atoms with Gasteiger partial charge in [-0.15, -0.1) is 0 Å². The fourth-order valence-electron chi connectivity index (χ4n) is 2.50. The van der Waals surface area contributed by atoms with Gasteiger partial charge in [-0.25, -0.2) is 8.42 Å². The molecular formula is C14H18N6O3S. The van der Waals surface area contributed by atoms with Crippen LogP contribution < -0.4 is 5.32 Å². The average molecular weight is 350 g/mol. The van der Waals surface area contributed by atoms with Crippen LogP contribution in [0.15, 0.2) is 41.7 Å². The highest BCUT2D eigenvalue weighted by atomic mass is 32.2. The summed E-state index contributed by atoms with van der Waals surface area (Å²) in [6, 6.07) is 4.80. The lowest BCUT2D eigenvalue weighted by Crippen LogP contribution is -2.50. The second-order valence-corrected chi connectivity index (χ2v) is 7.33. The molecule has 9 nitrogen and oxygen atoms in total. The Morgan fingerprint density at radius 2 is 2.00 bits per heavy atom. The van der Waals surface area contributed by atoms with Gasteiger partial charge in [-0.3, -0.25) is 19.8 Å². The summed E-state index contributed by atoms with van der Waals surface area (Å²) < 4.78 is 26.4. The number of aromatic nitrogens is 3. The highest BCUT2D eigenvalue weighted by molar-refractivity contribution is 7.89. The molecule has 10 heteroatoms. The lowest BCUT2D eigenvalue weighted by atomic mass is 10.3. The molecule has 1 amide bonds. The lowest BCUT2D eigenvalue weighted by Gasteiger charge is -2.33. The average Bonchev–Trinajstić information content (AvgIpc) is 3.09. The first-order chi connectivity index (χ1) is 11.6. The predicted octanol–water partition coefficient (Wildman–Crippen LogP) is -0.250. The molecule has 128 valence electrons. The van der Waals surface area contributed by atoms with Crippen LogP contribution in [0.1, 0.15) is 0 Å². The summed E-state index contributed by atoms with van der Waals surface area (Å²) in [5, 5.41) is 9.11. The maximum Gasteiger partial charge on any atom is 0.244 e. The van der Waals surface area contributed by atoms with Gasteiger partial charge < -0.3 is 5.32 Å². The van der Waals surface area contributed by atoms with E-state index in [-0.39, 0.29) is 17.3 Å². The fraction of sp³-hybridized carbons (Fsp3) is 0.357. The van der Waals surface area contributed by atoms with Crippen LogP contribution in [-0.2, 0) is 14.8 Å². The molecule has 1 saturated heterocycles. The van der Waals surface area contributed by atoms with Crippen molar-refractivity contribution >= 4 is 21.7 Å². The van der Waals surface area contributed by atoms with Gasteiger partial charge in [-0.1, -0.05) is 0 Å². The van der Waals surface area contributed by atoms with Crippen LogP contribution in [-0.4, -0.2) is 71.4 Å². The number of aromatic amines is 1. The van der Waals surface area contributed by atoms with Crippen LogP contribution in [0.2, 0.25) is 0 Å². The van der Waals surface area contributed by atoms with Crippen molar-refractivity contribution in [2.75, 3.05) is 38.0 Å². The van der Waals surface area contributed by atoms with Crippen LogP contribution >= 0.6 is 0 Å². The van der Waals surface area contributed by atoms with Gasteiger partial charge in [-0.2, -0.15) is 9.40 Å². The number of piperazine rings is 1. The highest BCUT2D eigenvalue weighted by Crippen LogP contribution is 2.16. The van der Waals surface area contributed by atoms with Gasteiger partial charge in [0.15, 0.2) is 0 Å². The number of H-pyrrole nitrogens is 1. The lowest BCUT2D eigenvalue weighted by molar-refractivity contribution is -0.117. The van der Waals surface area contributed by atoms with Gasteiger partial charge in [0.05, 0.1) is 12.7 Å². The molecule has 1 aliphatic heterocycles. The number of hydrogen-bond donors (Lipinski definition) is 2. The molecule has 1 fully saturated rings. The minimum atomic E-state index is -3.52. The van der Waals surface area contributed by atoms with E-state index in [9.17, 15) is 13.2 Å². The second-order valence-electron chi connectivity index (χ2n) is 5.39. The number of nitrogens with one attached hydrogen (secondary N) is 2. The number of amides is 1. The third-order valence-corrected chi connectivity index (χ3v) is 5.63. The van der Waals surface area contributed by atoms with Crippen LogP contribution in [0.25, 0.3) is 0 Å². The smallest absolute Gasteiger partial charge is 0.244 e. The van der Waals surface area contributed by atoms with Crippen molar-refractivity contribution in [2.45, 2.75) is 4.90 Å². The SMILES string of the molecule is O=C(CN1CCN(S(=O)(=O)c2cccnc2)CC1)Nc1ccn[nH]1. The molecular weight excluding hydrogens is 332 g/mol. The topological polar surface area (TPSA) is 111 Å². The Kier molecular flexibility index (Phi) is 4.88. The molecule has 0 bridgehead atoms. The quantitative estimate of drug-likeness (QED) is 0.769. The molecule has 2 aromatic heterocycles. The minimum absolute atomic E-state index is 0.164. The van der Waals surface area contributed by atoms with Crippen molar-refractivity contribution in [2.24, 2.45) is 0 Å². The van der Waals surface area contributed by atoms with E-state index in [0.717, 1.165) is 0 Å². The first kappa shape index (κ1) is 16.6. The number of pyridine rings is 1. The Bertz CT molecular complexity index is 770. The van der Waals surface area contributed by atoms with Crippen molar-refractivity contribution in [3.63, 3.8) is 0 Å². The Hall–Kier alpha value is -2.30. The number of rotatable bonds is 5. The van der Waals surface area contributed by atoms with Crippen LogP contribution in [0.4, 0.5) is 5.82 Å². The summed E-state index contributed by atoms with van der Waals surface area (Å²) in [6.07, 6.45) is 4.44. The molecule has 0 aromatic carbocycles. The van der Waals surface area contributed by atoms with E-state index < -0.39 is 10.0 Å². The maximum atomic E-state index is 12.5. The number of nitrogens with zero attached hydrogens (tertiary/aromatic N) is 4. The Morgan fingerprint density at radius 3 is 2.62 bits per heavy atom. The normalized spacial score (nSPS) is 16.8. The molecule has 3 heterocycles. The van der Waals surface area contributed by atoms with E-state index in [2.05, 4.69) is 20.5 Å². The Labute approximate surface area is 139 Å². The fourth-order valence-corrected chi connectivity index (χ4v) is 3.88. The minimum Gasteiger partial charge on any atom is -0.310 e. The predicted molar refractivity (Wildman–Crippen MR) is 86.7 cm³/mol. The molecule has 2 aromatic rings. The van der Waals surface area contributed by atoms with Gasteiger partial charge in [0.25, 0.3) is 0 Å². The molecule has 0 saturated carbocycles. The third-order valence-electron chi connectivity index (χ3n) is 3.75. The van der Waals surface area contributed by atoms with Crippen molar-refractivity contribution in [1.29, 1.82) is 0 Å². The molecule has 0 atom stereocenters. The summed E-state index contributed by atoms with van der Waals surface area (Å²) >= 11 is 0. The zero-order valence-corrected chi connectivity index (χ0v) is 13.7. The van der Waals surface area contributed by atoms with Crippen LogP contribution in [0.3, 0.4) is 0 Å². The number of hydrogen-bond acceptors (Lipinski definition) is 6. The summed E-state index contributed by atoms with van der Waals surface area (Å²) in [7, 11) is -3.52. The highest BCUT2D eigenvalue weighted by Gasteiger charge is 2.29. The van der Waals surface area contributed by atoms with Gasteiger partial charge in [0.2, 0.25) is 15.9 Å². The number of carbonyl (C=O) groups is 1. The summed E-state index contributed by atoms with van der Waals surface area (Å²) in [5.74, 6) is 0.376. The monoisotopic (exact) mass is 350 g/mol. The van der Waals surface area contributed by atoms with Crippen molar-refractivity contribution in [1.82, 2.24) is 24.4 Å². The first-order valence-electron chi connectivity index (χ1n) is 7.47. The summed E-state index contributed by atoms with van der Waals surface area (Å²) in [4.78, 5) is 17.9.